The van der Waals surface area contributed by atoms with Gasteiger partial charge in [0.1, 0.15) is 17.0 Å². The minimum Gasteiger partial charge on any atom is -0.457 e. The Balaban J connectivity index is 0.00000261. The van der Waals surface area contributed by atoms with Gasteiger partial charge in [-0.3, -0.25) is 14.9 Å². The van der Waals surface area contributed by atoms with E-state index in [1.807, 2.05) is 0 Å². The predicted molar refractivity (Wildman–Crippen MR) is 102 cm³/mol. The number of ether oxygens (including phenoxy) is 2. The highest BCUT2D eigenvalue weighted by Crippen LogP contribution is 2.27. The maximum Gasteiger partial charge on any atom is 0.269 e. The number of anilines is 1. The fourth-order valence-electron chi connectivity index (χ4n) is 2.63. The summed E-state index contributed by atoms with van der Waals surface area (Å²) >= 11 is 0. The molecule has 1 aliphatic heterocycles. The van der Waals surface area contributed by atoms with Crippen molar-refractivity contribution in [3.05, 3.63) is 58.6 Å². The molecule has 1 amide bonds. The molecule has 1 heterocycles. The van der Waals surface area contributed by atoms with Crippen LogP contribution >= 0.6 is 12.4 Å². The van der Waals surface area contributed by atoms with E-state index in [9.17, 15) is 14.9 Å². The highest BCUT2D eigenvalue weighted by molar-refractivity contribution is 5.98. The molecule has 1 fully saturated rings. The van der Waals surface area contributed by atoms with Crippen LogP contribution in [0.5, 0.6) is 11.5 Å². The van der Waals surface area contributed by atoms with Crippen LogP contribution in [0.2, 0.25) is 0 Å². The van der Waals surface area contributed by atoms with Gasteiger partial charge in [0.15, 0.2) is 0 Å². The predicted octanol–water partition coefficient (Wildman–Crippen LogP) is 3.26. The highest BCUT2D eigenvalue weighted by atomic mass is 35.5. The zero-order chi connectivity index (χ0) is 18.6. The summed E-state index contributed by atoms with van der Waals surface area (Å²) in [4.78, 5) is 22.7. The second-order valence-electron chi connectivity index (χ2n) is 6.10. The number of nitrogens with one attached hydrogen (secondary N) is 1. The second kappa shape index (κ2) is 8.81. The highest BCUT2D eigenvalue weighted by Gasteiger charge is 2.35. The van der Waals surface area contributed by atoms with Crippen molar-refractivity contribution in [2.24, 2.45) is 5.73 Å². The standard InChI is InChI=1S/C18H19N3O5.ClH/c19-18(8-10-25-11-9-18)17(22)20-13-2-1-3-16(12-13)26-15-6-4-14(5-7-15)21(23)24;/h1-7,12H,8-11,19H2,(H,20,22);1H. The van der Waals surface area contributed by atoms with Gasteiger partial charge in [0.2, 0.25) is 5.91 Å². The molecule has 2 aromatic carbocycles. The molecule has 8 nitrogen and oxygen atoms in total. The fraction of sp³-hybridized carbons (Fsp3) is 0.278. The number of hydrogen-bond acceptors (Lipinski definition) is 6. The number of carbonyl (C=O) groups excluding carboxylic acids is 1. The van der Waals surface area contributed by atoms with Crippen molar-refractivity contribution >= 4 is 29.7 Å². The molecule has 1 aliphatic rings. The van der Waals surface area contributed by atoms with E-state index in [0.29, 0.717) is 43.2 Å². The number of nitrogens with two attached hydrogens (primary N) is 1. The van der Waals surface area contributed by atoms with Gasteiger partial charge < -0.3 is 20.5 Å². The Morgan fingerprint density at radius 2 is 1.81 bits per heavy atom. The Bertz CT molecular complexity index is 807. The molecule has 2 aromatic rings. The van der Waals surface area contributed by atoms with Crippen molar-refractivity contribution in [1.82, 2.24) is 0 Å². The molecule has 0 saturated carbocycles. The third-order valence-electron chi connectivity index (χ3n) is 4.21. The molecule has 0 atom stereocenters. The van der Waals surface area contributed by atoms with E-state index in [1.165, 1.54) is 24.3 Å². The van der Waals surface area contributed by atoms with Gasteiger partial charge in [-0.05, 0) is 37.1 Å². The lowest BCUT2D eigenvalue weighted by molar-refractivity contribution is -0.384. The zero-order valence-corrected chi connectivity index (χ0v) is 15.2. The maximum absolute atomic E-state index is 12.5. The summed E-state index contributed by atoms with van der Waals surface area (Å²) in [6.07, 6.45) is 0.940. The van der Waals surface area contributed by atoms with E-state index in [4.69, 9.17) is 15.2 Å². The number of nitro groups is 1. The van der Waals surface area contributed by atoms with Crippen LogP contribution in [0.4, 0.5) is 11.4 Å². The summed E-state index contributed by atoms with van der Waals surface area (Å²) in [7, 11) is 0. The van der Waals surface area contributed by atoms with Gasteiger partial charge in [0.05, 0.1) is 4.92 Å². The summed E-state index contributed by atoms with van der Waals surface area (Å²) in [5.74, 6) is 0.696. The SMILES string of the molecule is Cl.NC1(C(=O)Nc2cccc(Oc3ccc([N+](=O)[O-])cc3)c2)CCOCC1. The normalized spacial score (nSPS) is 15.3. The maximum atomic E-state index is 12.5. The lowest BCUT2D eigenvalue weighted by atomic mass is 9.90. The molecule has 27 heavy (non-hydrogen) atoms. The number of carbonyl (C=O) groups is 1. The average molecular weight is 394 g/mol. The van der Waals surface area contributed by atoms with Gasteiger partial charge in [-0.2, -0.15) is 0 Å². The lowest BCUT2D eigenvalue weighted by Crippen LogP contribution is -2.54. The number of amides is 1. The van der Waals surface area contributed by atoms with Crippen LogP contribution in [0, 0.1) is 10.1 Å². The van der Waals surface area contributed by atoms with Gasteiger partial charge in [-0.1, -0.05) is 6.07 Å². The van der Waals surface area contributed by atoms with E-state index >= 15 is 0 Å². The van der Waals surface area contributed by atoms with Gasteiger partial charge in [0, 0.05) is 37.1 Å². The molecular weight excluding hydrogens is 374 g/mol. The van der Waals surface area contributed by atoms with Crippen molar-refractivity contribution < 1.29 is 19.2 Å². The first kappa shape index (κ1) is 20.6. The van der Waals surface area contributed by atoms with Gasteiger partial charge >= 0.3 is 0 Å². The lowest BCUT2D eigenvalue weighted by Gasteiger charge is -2.31. The van der Waals surface area contributed by atoms with Gasteiger partial charge in [-0.25, -0.2) is 0 Å². The summed E-state index contributed by atoms with van der Waals surface area (Å²) in [6, 6.07) is 12.6. The van der Waals surface area contributed by atoms with E-state index in [2.05, 4.69) is 5.32 Å². The molecule has 0 unspecified atom stereocenters. The van der Waals surface area contributed by atoms with E-state index < -0.39 is 10.5 Å². The first-order valence-corrected chi connectivity index (χ1v) is 8.17. The number of nitrogens with zero attached hydrogens (tertiary/aromatic N) is 1. The van der Waals surface area contributed by atoms with Crippen LogP contribution in [0.3, 0.4) is 0 Å². The van der Waals surface area contributed by atoms with E-state index in [0.717, 1.165) is 0 Å². The molecule has 144 valence electrons. The molecule has 3 rings (SSSR count). The van der Waals surface area contributed by atoms with Crippen LogP contribution in [-0.4, -0.2) is 29.6 Å². The van der Waals surface area contributed by atoms with E-state index in [-0.39, 0.29) is 24.0 Å². The first-order valence-electron chi connectivity index (χ1n) is 8.17. The zero-order valence-electron chi connectivity index (χ0n) is 14.4. The molecule has 1 saturated heterocycles. The molecule has 3 N–H and O–H groups in total. The fourth-order valence-corrected chi connectivity index (χ4v) is 2.63. The van der Waals surface area contributed by atoms with Crippen molar-refractivity contribution in [3.8, 4) is 11.5 Å². The Morgan fingerprint density at radius 1 is 1.15 bits per heavy atom. The number of benzene rings is 2. The quantitative estimate of drug-likeness (QED) is 0.594. The van der Waals surface area contributed by atoms with Gasteiger partial charge in [-0.15, -0.1) is 12.4 Å². The Hall–Kier alpha value is -2.68. The minimum atomic E-state index is -0.937. The topological polar surface area (TPSA) is 117 Å². The van der Waals surface area contributed by atoms with Crippen LogP contribution in [0.1, 0.15) is 12.8 Å². The first-order chi connectivity index (χ1) is 12.5. The Kier molecular flexibility index (Phi) is 6.73. The average Bonchev–Trinajstić information content (AvgIpc) is 2.63. The monoisotopic (exact) mass is 393 g/mol. The van der Waals surface area contributed by atoms with Crippen LogP contribution in [0.25, 0.3) is 0 Å². The molecule has 0 bridgehead atoms. The van der Waals surface area contributed by atoms with Gasteiger partial charge in [0.25, 0.3) is 5.69 Å². The third-order valence-corrected chi connectivity index (χ3v) is 4.21. The number of hydrogen-bond donors (Lipinski definition) is 2. The van der Waals surface area contributed by atoms with Crippen molar-refractivity contribution in [1.29, 1.82) is 0 Å². The third kappa shape index (κ3) is 5.16. The summed E-state index contributed by atoms with van der Waals surface area (Å²) in [5.41, 5.74) is 5.79. The summed E-state index contributed by atoms with van der Waals surface area (Å²) in [5, 5.41) is 13.5. The summed E-state index contributed by atoms with van der Waals surface area (Å²) < 4.78 is 10.9. The minimum absolute atomic E-state index is 0. The number of rotatable bonds is 5. The molecule has 0 radical (unpaired) electrons. The van der Waals surface area contributed by atoms with Crippen molar-refractivity contribution in [2.45, 2.75) is 18.4 Å². The number of halogens is 1. The molecule has 0 aromatic heterocycles. The molecule has 0 spiro atoms. The van der Waals surface area contributed by atoms with E-state index in [1.54, 1.807) is 24.3 Å². The van der Waals surface area contributed by atoms with Crippen LogP contribution < -0.4 is 15.8 Å². The number of non-ortho nitro benzene ring substituents is 1. The second-order valence-corrected chi connectivity index (χ2v) is 6.10. The molecular formula is C18H20ClN3O5. The van der Waals surface area contributed by atoms with Crippen LogP contribution in [-0.2, 0) is 9.53 Å². The van der Waals surface area contributed by atoms with Crippen LogP contribution in [0.15, 0.2) is 48.5 Å². The summed E-state index contributed by atoms with van der Waals surface area (Å²) in [6.45, 7) is 0.931. The largest absolute Gasteiger partial charge is 0.457 e. The van der Waals surface area contributed by atoms with Crippen molar-refractivity contribution in [3.63, 3.8) is 0 Å². The van der Waals surface area contributed by atoms with Crippen molar-refractivity contribution in [2.75, 3.05) is 18.5 Å². The molecule has 9 heteroatoms. The Morgan fingerprint density at radius 3 is 2.44 bits per heavy atom. The number of nitro benzene ring substituents is 1. The Labute approximate surface area is 162 Å². The molecule has 0 aliphatic carbocycles. The smallest absolute Gasteiger partial charge is 0.269 e.